The van der Waals surface area contributed by atoms with Gasteiger partial charge < -0.3 is 9.73 Å². The van der Waals surface area contributed by atoms with E-state index in [1.54, 1.807) is 16.9 Å². The average molecular weight is 464 g/mol. The van der Waals surface area contributed by atoms with Crippen LogP contribution in [0.2, 0.25) is 0 Å². The van der Waals surface area contributed by atoms with E-state index in [0.717, 1.165) is 37.0 Å². The molecular weight excluding hydrogens is 434 g/mol. The third kappa shape index (κ3) is 3.90. The van der Waals surface area contributed by atoms with E-state index < -0.39 is 0 Å². The monoisotopic (exact) mass is 463 g/mol. The molecule has 0 saturated heterocycles. The number of thioether (sulfide) groups is 1. The minimum atomic E-state index is -0.353. The lowest BCUT2D eigenvalue weighted by atomic mass is 9.53. The summed E-state index contributed by atoms with van der Waals surface area (Å²) in [7, 11) is 0. The van der Waals surface area contributed by atoms with Crippen LogP contribution in [0.3, 0.4) is 0 Å². The van der Waals surface area contributed by atoms with Gasteiger partial charge in [-0.3, -0.25) is 14.2 Å². The van der Waals surface area contributed by atoms with Gasteiger partial charge in [-0.2, -0.15) is 0 Å². The first kappa shape index (κ1) is 21.0. The quantitative estimate of drug-likeness (QED) is 0.427. The summed E-state index contributed by atoms with van der Waals surface area (Å²) in [5.74, 6) is 3.07. The van der Waals surface area contributed by atoms with Crippen LogP contribution in [0.5, 0.6) is 0 Å². The molecule has 4 bridgehead atoms. The van der Waals surface area contributed by atoms with Gasteiger partial charge in [0.15, 0.2) is 5.16 Å². The number of carbonyl (C=O) groups excluding carboxylic acids is 1. The highest BCUT2D eigenvalue weighted by Crippen LogP contribution is 2.55. The Hall–Kier alpha value is -2.54. The fourth-order valence-corrected chi connectivity index (χ4v) is 7.68. The molecule has 6 nitrogen and oxygen atoms in total. The van der Waals surface area contributed by atoms with Gasteiger partial charge in [-0.1, -0.05) is 23.9 Å². The molecule has 7 rings (SSSR count). The topological polar surface area (TPSA) is 77.1 Å². The molecule has 3 aromatic rings. The number of hydrogen-bond donors (Lipinski definition) is 1. The lowest BCUT2D eigenvalue weighted by Crippen LogP contribution is -2.60. The first-order valence-electron chi connectivity index (χ1n) is 12.0. The van der Waals surface area contributed by atoms with Gasteiger partial charge in [0.05, 0.1) is 29.0 Å². The Balaban J connectivity index is 1.26. The van der Waals surface area contributed by atoms with Crippen molar-refractivity contribution >= 4 is 28.6 Å². The van der Waals surface area contributed by atoms with Crippen LogP contribution in [-0.2, 0) is 11.3 Å². The van der Waals surface area contributed by atoms with Gasteiger partial charge in [0.2, 0.25) is 5.91 Å². The van der Waals surface area contributed by atoms with E-state index in [2.05, 4.69) is 5.32 Å². The van der Waals surface area contributed by atoms with Crippen molar-refractivity contribution in [2.24, 2.45) is 17.8 Å². The first-order valence-corrected chi connectivity index (χ1v) is 12.9. The van der Waals surface area contributed by atoms with Crippen molar-refractivity contribution in [1.29, 1.82) is 0 Å². The molecule has 0 aliphatic heterocycles. The van der Waals surface area contributed by atoms with E-state index in [1.807, 2.05) is 37.3 Å². The summed E-state index contributed by atoms with van der Waals surface area (Å²) in [4.78, 5) is 31.4. The summed E-state index contributed by atoms with van der Waals surface area (Å²) < 4.78 is 7.12. The average Bonchev–Trinajstić information content (AvgIpc) is 3.28. The Bertz CT molecular complexity index is 1210. The van der Waals surface area contributed by atoms with Gasteiger partial charge in [-0.15, -0.1) is 0 Å². The van der Waals surface area contributed by atoms with Crippen molar-refractivity contribution in [2.75, 3.05) is 0 Å². The number of fused-ring (bicyclic) bond motifs is 1. The lowest BCUT2D eigenvalue weighted by molar-refractivity contribution is -0.126. The largest absolute Gasteiger partial charge is 0.467 e. The Morgan fingerprint density at radius 2 is 1.85 bits per heavy atom. The molecule has 2 heterocycles. The van der Waals surface area contributed by atoms with Gasteiger partial charge in [0, 0.05) is 5.54 Å². The number of carbonyl (C=O) groups is 1. The van der Waals surface area contributed by atoms with Crippen LogP contribution in [0.15, 0.2) is 57.0 Å². The summed E-state index contributed by atoms with van der Waals surface area (Å²) in [6, 6.07) is 11.0. The summed E-state index contributed by atoms with van der Waals surface area (Å²) >= 11 is 1.36. The summed E-state index contributed by atoms with van der Waals surface area (Å²) in [5, 5.41) is 4.23. The van der Waals surface area contributed by atoms with Crippen molar-refractivity contribution in [2.45, 2.75) is 67.9 Å². The van der Waals surface area contributed by atoms with Crippen molar-refractivity contribution in [1.82, 2.24) is 14.9 Å². The fourth-order valence-electron chi connectivity index (χ4n) is 6.77. The van der Waals surface area contributed by atoms with Gasteiger partial charge in [-0.25, -0.2) is 4.98 Å². The molecule has 4 fully saturated rings. The maximum atomic E-state index is 13.3. The second-order valence-corrected chi connectivity index (χ2v) is 11.6. The molecular formula is C26H29N3O3S. The zero-order valence-electron chi connectivity index (χ0n) is 18.8. The number of rotatable bonds is 6. The molecule has 172 valence electrons. The van der Waals surface area contributed by atoms with E-state index in [1.165, 1.54) is 31.0 Å². The SMILES string of the molecule is CC(Sc1nc2ccccc2c(=O)n1Cc1ccco1)C(=O)NC12CC3CC(CC(C3)C1)C2. The van der Waals surface area contributed by atoms with E-state index >= 15 is 0 Å². The molecule has 4 aliphatic rings. The van der Waals surface area contributed by atoms with Crippen LogP contribution < -0.4 is 10.9 Å². The standard InChI is InChI=1S/C26H29N3O3S/c1-16(23(30)28-26-12-17-9-18(13-26)11-19(10-17)14-26)33-25-27-22-7-3-2-6-21(22)24(31)29(25)15-20-5-4-8-32-20/h2-8,16-19H,9-15H2,1H3,(H,28,30). The number of para-hydroxylation sites is 1. The molecule has 1 N–H and O–H groups in total. The molecule has 33 heavy (non-hydrogen) atoms. The van der Waals surface area contributed by atoms with E-state index in [9.17, 15) is 9.59 Å². The number of nitrogens with zero attached hydrogens (tertiary/aromatic N) is 2. The first-order chi connectivity index (χ1) is 16.0. The number of furan rings is 1. The van der Waals surface area contributed by atoms with Gasteiger partial charge >= 0.3 is 0 Å². The maximum absolute atomic E-state index is 13.3. The van der Waals surface area contributed by atoms with E-state index in [0.29, 0.717) is 21.8 Å². The molecule has 2 aromatic heterocycles. The normalized spacial score (nSPS) is 28.8. The van der Waals surface area contributed by atoms with Gasteiger partial charge in [-0.05, 0) is 87.5 Å². The molecule has 0 spiro atoms. The maximum Gasteiger partial charge on any atom is 0.262 e. The molecule has 0 radical (unpaired) electrons. The number of amides is 1. The molecule has 1 amide bonds. The highest BCUT2D eigenvalue weighted by Gasteiger charge is 2.51. The summed E-state index contributed by atoms with van der Waals surface area (Å²) in [6.07, 6.45) is 9.01. The highest BCUT2D eigenvalue weighted by molar-refractivity contribution is 8.00. The van der Waals surface area contributed by atoms with Crippen molar-refractivity contribution < 1.29 is 9.21 Å². The van der Waals surface area contributed by atoms with Crippen LogP contribution in [0.1, 0.15) is 51.2 Å². The van der Waals surface area contributed by atoms with Crippen LogP contribution in [0.25, 0.3) is 10.9 Å². The van der Waals surface area contributed by atoms with Crippen LogP contribution >= 0.6 is 11.8 Å². The molecule has 1 atom stereocenters. The zero-order chi connectivity index (χ0) is 22.6. The minimum absolute atomic E-state index is 0.0225. The number of nitrogens with one attached hydrogen (secondary N) is 1. The van der Waals surface area contributed by atoms with Crippen molar-refractivity contribution in [3.05, 3.63) is 58.8 Å². The van der Waals surface area contributed by atoms with Crippen LogP contribution in [-0.4, -0.2) is 26.2 Å². The third-order valence-electron chi connectivity index (χ3n) is 7.80. The molecule has 1 aromatic carbocycles. The smallest absolute Gasteiger partial charge is 0.262 e. The molecule has 4 saturated carbocycles. The zero-order valence-corrected chi connectivity index (χ0v) is 19.6. The Morgan fingerprint density at radius 3 is 2.52 bits per heavy atom. The highest BCUT2D eigenvalue weighted by atomic mass is 32.2. The van der Waals surface area contributed by atoms with Gasteiger partial charge in [0.1, 0.15) is 5.76 Å². The number of aromatic nitrogens is 2. The second-order valence-electron chi connectivity index (χ2n) is 10.3. The summed E-state index contributed by atoms with van der Waals surface area (Å²) in [6.45, 7) is 2.20. The summed E-state index contributed by atoms with van der Waals surface area (Å²) in [5.41, 5.74) is 0.508. The lowest BCUT2D eigenvalue weighted by Gasteiger charge is -2.57. The van der Waals surface area contributed by atoms with Crippen LogP contribution in [0.4, 0.5) is 0 Å². The number of benzene rings is 1. The van der Waals surface area contributed by atoms with E-state index in [-0.39, 0.29) is 28.8 Å². The molecule has 7 heteroatoms. The second kappa shape index (κ2) is 8.05. The van der Waals surface area contributed by atoms with E-state index in [4.69, 9.17) is 9.40 Å². The Kier molecular flexibility index (Phi) is 5.13. The molecule has 4 aliphatic carbocycles. The van der Waals surface area contributed by atoms with Crippen molar-refractivity contribution in [3.63, 3.8) is 0 Å². The third-order valence-corrected chi connectivity index (χ3v) is 8.89. The fraction of sp³-hybridized carbons (Fsp3) is 0.500. The minimum Gasteiger partial charge on any atom is -0.467 e. The molecule has 1 unspecified atom stereocenters. The Labute approximate surface area is 197 Å². The predicted molar refractivity (Wildman–Crippen MR) is 128 cm³/mol. The predicted octanol–water partition coefficient (Wildman–Crippen LogP) is 4.60. The van der Waals surface area contributed by atoms with Crippen molar-refractivity contribution in [3.8, 4) is 0 Å². The van der Waals surface area contributed by atoms with Crippen LogP contribution in [0, 0.1) is 17.8 Å². The Morgan fingerprint density at radius 1 is 1.15 bits per heavy atom. The number of hydrogen-bond acceptors (Lipinski definition) is 5. The van der Waals surface area contributed by atoms with Gasteiger partial charge in [0.25, 0.3) is 5.56 Å².